The second-order valence-electron chi connectivity index (χ2n) is 5.90. The molecule has 0 saturated heterocycles. The van der Waals surface area contributed by atoms with Crippen LogP contribution in [0.5, 0.6) is 0 Å². The van der Waals surface area contributed by atoms with Gasteiger partial charge in [-0.2, -0.15) is 0 Å². The molecule has 2 nitrogen and oxygen atoms in total. The van der Waals surface area contributed by atoms with Gasteiger partial charge in [0.15, 0.2) is 0 Å². The Labute approximate surface area is 135 Å². The van der Waals surface area contributed by atoms with Crippen molar-refractivity contribution in [2.45, 2.75) is 19.9 Å². The third-order valence-corrected chi connectivity index (χ3v) is 4.65. The van der Waals surface area contributed by atoms with E-state index in [4.69, 9.17) is 16.6 Å². The summed E-state index contributed by atoms with van der Waals surface area (Å²) in [4.78, 5) is 7.19. The Balaban J connectivity index is 1.76. The number of benzene rings is 2. The van der Waals surface area contributed by atoms with Gasteiger partial charge >= 0.3 is 0 Å². The maximum absolute atomic E-state index is 6.12. The van der Waals surface area contributed by atoms with E-state index in [1.807, 2.05) is 12.1 Å². The van der Waals surface area contributed by atoms with Gasteiger partial charge < -0.3 is 4.90 Å². The van der Waals surface area contributed by atoms with E-state index in [1.165, 1.54) is 22.1 Å². The summed E-state index contributed by atoms with van der Waals surface area (Å²) in [5.41, 5.74) is 5.08. The van der Waals surface area contributed by atoms with Crippen molar-refractivity contribution >= 4 is 28.3 Å². The van der Waals surface area contributed by atoms with Gasteiger partial charge in [0.05, 0.1) is 5.52 Å². The van der Waals surface area contributed by atoms with Gasteiger partial charge in [-0.3, -0.25) is 0 Å². The molecule has 0 unspecified atom stereocenters. The number of rotatable bonds is 1. The highest BCUT2D eigenvalue weighted by atomic mass is 35.5. The quantitative estimate of drug-likeness (QED) is 0.644. The molecule has 0 aliphatic carbocycles. The van der Waals surface area contributed by atoms with Crippen molar-refractivity contribution in [2.75, 3.05) is 11.4 Å². The molecule has 0 amide bonds. The second kappa shape index (κ2) is 5.29. The number of pyridine rings is 1. The van der Waals surface area contributed by atoms with Crippen LogP contribution in [0.4, 0.5) is 5.82 Å². The van der Waals surface area contributed by atoms with Crippen molar-refractivity contribution in [3.63, 3.8) is 0 Å². The maximum atomic E-state index is 6.12. The minimum atomic E-state index is 0.737. The fraction of sp³-hybridized carbons (Fsp3) is 0.211. The average Bonchev–Trinajstić information content (AvgIpc) is 2.54. The predicted molar refractivity (Wildman–Crippen MR) is 92.7 cm³/mol. The first kappa shape index (κ1) is 13.6. The molecule has 1 aliphatic heterocycles. The van der Waals surface area contributed by atoms with Crippen molar-refractivity contribution in [3.05, 3.63) is 70.2 Å². The second-order valence-corrected chi connectivity index (χ2v) is 6.34. The number of anilines is 1. The van der Waals surface area contributed by atoms with Crippen LogP contribution in [-0.2, 0) is 13.0 Å². The summed E-state index contributed by atoms with van der Waals surface area (Å²) in [6.45, 7) is 4.07. The lowest BCUT2D eigenvalue weighted by molar-refractivity contribution is 0.722. The van der Waals surface area contributed by atoms with E-state index in [1.54, 1.807) is 0 Å². The van der Waals surface area contributed by atoms with Crippen LogP contribution in [0.15, 0.2) is 48.5 Å². The van der Waals surface area contributed by atoms with Gasteiger partial charge in [-0.15, -0.1) is 0 Å². The number of nitrogens with zero attached hydrogens (tertiary/aromatic N) is 2. The molecule has 0 fully saturated rings. The fourth-order valence-electron chi connectivity index (χ4n) is 3.21. The lowest BCUT2D eigenvalue weighted by Crippen LogP contribution is -2.31. The van der Waals surface area contributed by atoms with Crippen LogP contribution < -0.4 is 4.90 Å². The molecule has 0 atom stereocenters. The zero-order valence-electron chi connectivity index (χ0n) is 12.5. The van der Waals surface area contributed by atoms with Gasteiger partial charge in [0.2, 0.25) is 0 Å². The molecular formula is C19H17ClN2. The Bertz CT molecular complexity index is 857. The number of halogens is 1. The van der Waals surface area contributed by atoms with Crippen molar-refractivity contribution in [1.29, 1.82) is 0 Å². The van der Waals surface area contributed by atoms with E-state index in [2.05, 4.69) is 48.2 Å². The summed E-state index contributed by atoms with van der Waals surface area (Å²) in [5.74, 6) is 1.04. The highest BCUT2D eigenvalue weighted by Gasteiger charge is 2.17. The number of fused-ring (bicyclic) bond motifs is 2. The van der Waals surface area contributed by atoms with Crippen LogP contribution in [0.3, 0.4) is 0 Å². The molecule has 110 valence electrons. The number of hydrogen-bond acceptors (Lipinski definition) is 2. The lowest BCUT2D eigenvalue weighted by Gasteiger charge is -2.30. The molecule has 1 aliphatic rings. The zero-order valence-corrected chi connectivity index (χ0v) is 13.3. The standard InChI is InChI=1S/C19H17ClN2/c1-13-10-19(21-18-11-16(20)6-7-17(13)18)22-9-8-14-4-2-3-5-15(14)12-22/h2-7,10-11H,8-9,12H2,1H3. The van der Waals surface area contributed by atoms with Gasteiger partial charge in [-0.1, -0.05) is 41.9 Å². The van der Waals surface area contributed by atoms with Gasteiger partial charge in [-0.25, -0.2) is 4.98 Å². The molecule has 3 heteroatoms. The van der Waals surface area contributed by atoms with Crippen LogP contribution in [0, 0.1) is 6.92 Å². The molecule has 4 rings (SSSR count). The highest BCUT2D eigenvalue weighted by molar-refractivity contribution is 6.31. The largest absolute Gasteiger partial charge is 0.352 e. The summed E-state index contributed by atoms with van der Waals surface area (Å²) in [6.07, 6.45) is 1.07. The SMILES string of the molecule is Cc1cc(N2CCc3ccccc3C2)nc2cc(Cl)ccc12. The van der Waals surface area contributed by atoms with Crippen molar-refractivity contribution in [1.82, 2.24) is 4.98 Å². The number of hydrogen-bond donors (Lipinski definition) is 0. The first-order valence-corrected chi connectivity index (χ1v) is 7.97. The van der Waals surface area contributed by atoms with Crippen LogP contribution >= 0.6 is 11.6 Å². The molecule has 0 bridgehead atoms. The van der Waals surface area contributed by atoms with Gasteiger partial charge in [0.1, 0.15) is 5.82 Å². The van der Waals surface area contributed by atoms with Crippen molar-refractivity contribution < 1.29 is 0 Å². The predicted octanol–water partition coefficient (Wildman–Crippen LogP) is 4.76. The minimum absolute atomic E-state index is 0.737. The first-order chi connectivity index (χ1) is 10.7. The lowest BCUT2D eigenvalue weighted by atomic mass is 10.00. The van der Waals surface area contributed by atoms with E-state index in [-0.39, 0.29) is 0 Å². The Morgan fingerprint density at radius 2 is 1.86 bits per heavy atom. The smallest absolute Gasteiger partial charge is 0.129 e. The molecule has 2 aromatic carbocycles. The topological polar surface area (TPSA) is 16.1 Å². The van der Waals surface area contributed by atoms with Gasteiger partial charge in [0.25, 0.3) is 0 Å². The van der Waals surface area contributed by atoms with Crippen LogP contribution in [0.2, 0.25) is 5.02 Å². The highest BCUT2D eigenvalue weighted by Crippen LogP contribution is 2.28. The van der Waals surface area contributed by atoms with E-state index in [0.717, 1.165) is 35.9 Å². The summed E-state index contributed by atoms with van der Waals surface area (Å²) in [5, 5.41) is 1.91. The van der Waals surface area contributed by atoms with Crippen LogP contribution in [0.1, 0.15) is 16.7 Å². The Kier molecular flexibility index (Phi) is 3.27. The molecule has 0 N–H and O–H groups in total. The fourth-order valence-corrected chi connectivity index (χ4v) is 3.38. The molecular weight excluding hydrogens is 292 g/mol. The monoisotopic (exact) mass is 308 g/mol. The maximum Gasteiger partial charge on any atom is 0.129 e. The third-order valence-electron chi connectivity index (χ3n) is 4.42. The van der Waals surface area contributed by atoms with E-state index in [9.17, 15) is 0 Å². The molecule has 0 radical (unpaired) electrons. The molecule has 0 saturated carbocycles. The summed E-state index contributed by atoms with van der Waals surface area (Å²) >= 11 is 6.12. The van der Waals surface area contributed by atoms with Crippen LogP contribution in [0.25, 0.3) is 10.9 Å². The third kappa shape index (κ3) is 2.34. The number of aryl methyl sites for hydroxylation is 1. The molecule has 3 aromatic rings. The van der Waals surface area contributed by atoms with Gasteiger partial charge in [0, 0.05) is 23.5 Å². The van der Waals surface area contributed by atoms with Crippen molar-refractivity contribution in [3.8, 4) is 0 Å². The molecule has 0 spiro atoms. The molecule has 1 aromatic heterocycles. The Morgan fingerprint density at radius 3 is 2.73 bits per heavy atom. The normalized spacial score (nSPS) is 14.2. The Hall–Kier alpha value is -2.06. The summed E-state index contributed by atoms with van der Waals surface area (Å²) in [7, 11) is 0. The number of aromatic nitrogens is 1. The first-order valence-electron chi connectivity index (χ1n) is 7.59. The van der Waals surface area contributed by atoms with E-state index in [0.29, 0.717) is 0 Å². The molecule has 22 heavy (non-hydrogen) atoms. The minimum Gasteiger partial charge on any atom is -0.352 e. The van der Waals surface area contributed by atoms with Gasteiger partial charge in [-0.05, 0) is 48.2 Å². The van der Waals surface area contributed by atoms with E-state index < -0.39 is 0 Å². The molecule has 2 heterocycles. The summed E-state index contributed by atoms with van der Waals surface area (Å²) < 4.78 is 0. The average molecular weight is 309 g/mol. The van der Waals surface area contributed by atoms with Crippen LogP contribution in [-0.4, -0.2) is 11.5 Å². The van der Waals surface area contributed by atoms with E-state index >= 15 is 0 Å². The van der Waals surface area contributed by atoms with Crippen molar-refractivity contribution in [2.24, 2.45) is 0 Å². The Morgan fingerprint density at radius 1 is 1.05 bits per heavy atom. The summed E-state index contributed by atoms with van der Waals surface area (Å²) in [6, 6.07) is 16.8. The zero-order chi connectivity index (χ0) is 15.1.